The summed E-state index contributed by atoms with van der Waals surface area (Å²) in [6.45, 7) is 2.38. The number of anilines is 2. The number of carbonyl (C=O) groups is 2. The normalized spacial score (nSPS) is 10.2. The number of nitrogens with zero attached hydrogens (tertiary/aromatic N) is 2. The first kappa shape index (κ1) is 19.1. The molecular formula is C22H21N3O3. The van der Waals surface area contributed by atoms with Gasteiger partial charge in [0.25, 0.3) is 11.8 Å². The number of benzene rings is 2. The molecule has 1 N–H and O–H groups in total. The van der Waals surface area contributed by atoms with Crippen molar-refractivity contribution in [2.24, 2.45) is 0 Å². The standard InChI is InChI=1S/C22H21N3O3/c1-3-25(16-10-5-4-6-11-16)22(27)19-14-9-13-18(23-19)21(26)24-17-12-7-8-15-20(17)28-2/h4-15H,3H2,1-2H3,(H,24,26). The molecule has 6 heteroatoms. The highest BCUT2D eigenvalue weighted by molar-refractivity contribution is 6.07. The van der Waals surface area contributed by atoms with Crippen LogP contribution in [0.25, 0.3) is 0 Å². The Bertz CT molecular complexity index is 974. The number of pyridine rings is 1. The monoisotopic (exact) mass is 375 g/mol. The summed E-state index contributed by atoms with van der Waals surface area (Å²) in [7, 11) is 1.53. The van der Waals surface area contributed by atoms with E-state index in [4.69, 9.17) is 4.74 Å². The lowest BCUT2D eigenvalue weighted by Crippen LogP contribution is -2.31. The molecule has 0 saturated heterocycles. The van der Waals surface area contributed by atoms with Gasteiger partial charge in [0.1, 0.15) is 17.1 Å². The Morgan fingerprint density at radius 3 is 2.32 bits per heavy atom. The maximum Gasteiger partial charge on any atom is 0.276 e. The zero-order valence-electron chi connectivity index (χ0n) is 15.8. The van der Waals surface area contributed by atoms with Gasteiger partial charge in [-0.15, -0.1) is 0 Å². The van der Waals surface area contributed by atoms with E-state index in [1.165, 1.54) is 7.11 Å². The molecule has 0 fully saturated rings. The fourth-order valence-corrected chi connectivity index (χ4v) is 2.80. The van der Waals surface area contributed by atoms with Crippen LogP contribution in [0.4, 0.5) is 11.4 Å². The molecule has 0 atom stereocenters. The van der Waals surface area contributed by atoms with E-state index in [0.717, 1.165) is 5.69 Å². The number of hydrogen-bond donors (Lipinski definition) is 1. The number of ether oxygens (including phenoxy) is 1. The lowest BCUT2D eigenvalue weighted by molar-refractivity contribution is 0.0983. The summed E-state index contributed by atoms with van der Waals surface area (Å²) in [6, 6.07) is 21.3. The van der Waals surface area contributed by atoms with Crippen molar-refractivity contribution in [1.82, 2.24) is 4.98 Å². The minimum absolute atomic E-state index is 0.154. The van der Waals surface area contributed by atoms with E-state index >= 15 is 0 Å². The summed E-state index contributed by atoms with van der Waals surface area (Å²) in [6.07, 6.45) is 0. The second-order valence-corrected chi connectivity index (χ2v) is 5.95. The summed E-state index contributed by atoms with van der Waals surface area (Å²) in [4.78, 5) is 31.4. The lowest BCUT2D eigenvalue weighted by atomic mass is 10.2. The van der Waals surface area contributed by atoms with Gasteiger partial charge in [-0.1, -0.05) is 36.4 Å². The van der Waals surface area contributed by atoms with Crippen molar-refractivity contribution in [2.45, 2.75) is 6.92 Å². The summed E-state index contributed by atoms with van der Waals surface area (Å²) in [5, 5.41) is 2.77. The number of methoxy groups -OCH3 is 1. The molecule has 0 saturated carbocycles. The zero-order chi connectivity index (χ0) is 19.9. The average molecular weight is 375 g/mol. The Hall–Kier alpha value is -3.67. The van der Waals surface area contributed by atoms with Gasteiger partial charge in [-0.05, 0) is 43.3 Å². The molecule has 3 aromatic rings. The molecule has 0 bridgehead atoms. The fourth-order valence-electron chi connectivity index (χ4n) is 2.80. The van der Waals surface area contributed by atoms with E-state index in [-0.39, 0.29) is 17.3 Å². The first-order valence-corrected chi connectivity index (χ1v) is 8.92. The molecule has 1 heterocycles. The maximum atomic E-state index is 12.9. The number of carbonyl (C=O) groups excluding carboxylic acids is 2. The van der Waals surface area contributed by atoms with Crippen LogP contribution in [0.3, 0.4) is 0 Å². The molecule has 0 aliphatic carbocycles. The van der Waals surface area contributed by atoms with Gasteiger partial charge in [-0.3, -0.25) is 9.59 Å². The maximum absolute atomic E-state index is 12.9. The SMILES string of the molecule is CCN(C(=O)c1cccc(C(=O)Nc2ccccc2OC)n1)c1ccccc1. The average Bonchev–Trinajstić information content (AvgIpc) is 2.75. The molecule has 0 radical (unpaired) electrons. The summed E-state index contributed by atoms with van der Waals surface area (Å²) >= 11 is 0. The number of rotatable bonds is 6. The van der Waals surface area contributed by atoms with Gasteiger partial charge in [-0.25, -0.2) is 4.98 Å². The van der Waals surface area contributed by atoms with E-state index in [9.17, 15) is 9.59 Å². The summed E-state index contributed by atoms with van der Waals surface area (Å²) in [5.41, 5.74) is 1.67. The molecule has 142 valence electrons. The van der Waals surface area contributed by atoms with Crippen LogP contribution < -0.4 is 15.0 Å². The lowest BCUT2D eigenvalue weighted by Gasteiger charge is -2.20. The molecule has 28 heavy (non-hydrogen) atoms. The molecule has 0 unspecified atom stereocenters. The van der Waals surface area contributed by atoms with Crippen LogP contribution >= 0.6 is 0 Å². The Labute approximate surface area is 163 Å². The van der Waals surface area contributed by atoms with Crippen LogP contribution in [0.2, 0.25) is 0 Å². The van der Waals surface area contributed by atoms with Gasteiger partial charge in [0.05, 0.1) is 12.8 Å². The van der Waals surface area contributed by atoms with Crippen molar-refractivity contribution in [3.63, 3.8) is 0 Å². The molecule has 1 aromatic heterocycles. The van der Waals surface area contributed by atoms with Crippen molar-refractivity contribution >= 4 is 23.2 Å². The van der Waals surface area contributed by atoms with Gasteiger partial charge in [0, 0.05) is 12.2 Å². The second kappa shape index (κ2) is 8.81. The topological polar surface area (TPSA) is 71.5 Å². The first-order valence-electron chi connectivity index (χ1n) is 8.92. The van der Waals surface area contributed by atoms with Gasteiger partial charge in [0.2, 0.25) is 0 Å². The molecule has 6 nitrogen and oxygen atoms in total. The Kier molecular flexibility index (Phi) is 6.01. The van der Waals surface area contributed by atoms with Crippen LogP contribution in [0, 0.1) is 0 Å². The van der Waals surface area contributed by atoms with Crippen molar-refractivity contribution in [1.29, 1.82) is 0 Å². The van der Waals surface area contributed by atoms with Gasteiger partial charge in [0.15, 0.2) is 0 Å². The van der Waals surface area contributed by atoms with E-state index < -0.39 is 5.91 Å². The molecule has 0 spiro atoms. The van der Waals surface area contributed by atoms with Crippen LogP contribution in [0.5, 0.6) is 5.75 Å². The smallest absolute Gasteiger partial charge is 0.276 e. The van der Waals surface area contributed by atoms with Crippen LogP contribution in [0.1, 0.15) is 27.9 Å². The minimum atomic E-state index is -0.415. The van der Waals surface area contributed by atoms with Gasteiger partial charge >= 0.3 is 0 Å². The van der Waals surface area contributed by atoms with Crippen LogP contribution in [-0.2, 0) is 0 Å². The quantitative estimate of drug-likeness (QED) is 0.707. The summed E-state index contributed by atoms with van der Waals surface area (Å²) < 4.78 is 5.24. The Morgan fingerprint density at radius 2 is 1.61 bits per heavy atom. The number of nitrogens with one attached hydrogen (secondary N) is 1. The molecule has 0 aliphatic rings. The largest absolute Gasteiger partial charge is 0.495 e. The number of para-hydroxylation sites is 3. The molecule has 2 amide bonds. The molecule has 0 aliphatic heterocycles. The zero-order valence-corrected chi connectivity index (χ0v) is 15.8. The third-order valence-electron chi connectivity index (χ3n) is 4.19. The summed E-state index contributed by atoms with van der Waals surface area (Å²) in [5.74, 6) is -0.133. The fraction of sp³-hybridized carbons (Fsp3) is 0.136. The van der Waals surface area contributed by atoms with Gasteiger partial charge < -0.3 is 15.0 Å². The second-order valence-electron chi connectivity index (χ2n) is 5.95. The minimum Gasteiger partial charge on any atom is -0.495 e. The van der Waals surface area contributed by atoms with Crippen molar-refractivity contribution in [3.05, 3.63) is 84.2 Å². The van der Waals surface area contributed by atoms with Crippen molar-refractivity contribution in [2.75, 3.05) is 23.9 Å². The number of hydrogen-bond acceptors (Lipinski definition) is 4. The highest BCUT2D eigenvalue weighted by Gasteiger charge is 2.19. The first-order chi connectivity index (χ1) is 13.6. The van der Waals surface area contributed by atoms with E-state index in [2.05, 4.69) is 10.3 Å². The molecule has 3 rings (SSSR count). The predicted molar refractivity (Wildman–Crippen MR) is 109 cm³/mol. The van der Waals surface area contributed by atoms with Gasteiger partial charge in [-0.2, -0.15) is 0 Å². The highest BCUT2D eigenvalue weighted by atomic mass is 16.5. The molecule has 2 aromatic carbocycles. The van der Waals surface area contributed by atoms with E-state index in [1.54, 1.807) is 41.3 Å². The Morgan fingerprint density at radius 1 is 0.929 bits per heavy atom. The third-order valence-corrected chi connectivity index (χ3v) is 4.19. The van der Waals surface area contributed by atoms with Crippen LogP contribution in [0.15, 0.2) is 72.8 Å². The third kappa shape index (κ3) is 4.17. The van der Waals surface area contributed by atoms with Crippen LogP contribution in [-0.4, -0.2) is 30.5 Å². The number of amides is 2. The van der Waals surface area contributed by atoms with Crippen molar-refractivity contribution in [3.8, 4) is 5.75 Å². The van der Waals surface area contributed by atoms with E-state index in [1.807, 2.05) is 43.3 Å². The molecular weight excluding hydrogens is 354 g/mol. The number of aromatic nitrogens is 1. The van der Waals surface area contributed by atoms with Crippen molar-refractivity contribution < 1.29 is 14.3 Å². The van der Waals surface area contributed by atoms with E-state index in [0.29, 0.717) is 18.0 Å². The predicted octanol–water partition coefficient (Wildman–Crippen LogP) is 4.01. The highest BCUT2D eigenvalue weighted by Crippen LogP contribution is 2.23. The Balaban J connectivity index is 1.83.